The number of halogens is 3. The van der Waals surface area contributed by atoms with Crippen molar-refractivity contribution in [2.45, 2.75) is 76.1 Å². The summed E-state index contributed by atoms with van der Waals surface area (Å²) in [6.07, 6.45) is 7.39. The molecule has 0 saturated heterocycles. The topological polar surface area (TPSA) is 110 Å². The van der Waals surface area contributed by atoms with Gasteiger partial charge in [-0.3, -0.25) is 4.98 Å². The second kappa shape index (κ2) is 11.0. The maximum absolute atomic E-state index is 14.3. The Bertz CT molecular complexity index is 1800. The van der Waals surface area contributed by atoms with Crippen molar-refractivity contribution in [3.05, 3.63) is 58.8 Å². The lowest BCUT2D eigenvalue weighted by atomic mass is 9.93. The van der Waals surface area contributed by atoms with Crippen LogP contribution < -0.4 is 10.6 Å². The number of pyridine rings is 1. The lowest BCUT2D eigenvalue weighted by molar-refractivity contribution is 0.404. The molecule has 2 fully saturated rings. The summed E-state index contributed by atoms with van der Waals surface area (Å²) >= 11 is 1.52. The first-order chi connectivity index (χ1) is 20.3. The molecular weight excluding hydrogens is 597 g/mol. The van der Waals surface area contributed by atoms with Gasteiger partial charge in [0.25, 0.3) is 0 Å². The van der Waals surface area contributed by atoms with Crippen molar-refractivity contribution in [1.82, 2.24) is 19.9 Å². The average molecular weight is 631 g/mol. The molecule has 0 bridgehead atoms. The molecule has 43 heavy (non-hydrogen) atoms. The molecule has 2 N–H and O–H groups in total. The van der Waals surface area contributed by atoms with E-state index in [1.807, 2.05) is 19.2 Å². The van der Waals surface area contributed by atoms with E-state index in [2.05, 4.69) is 20.6 Å². The molecule has 2 aliphatic carbocycles. The normalized spacial score (nSPS) is 19.2. The third-order valence-corrected chi connectivity index (χ3v) is 12.1. The molecule has 8 nitrogen and oxygen atoms in total. The van der Waals surface area contributed by atoms with E-state index in [4.69, 9.17) is 9.97 Å². The van der Waals surface area contributed by atoms with Crippen LogP contribution in [0.15, 0.2) is 24.4 Å². The zero-order valence-corrected chi connectivity index (χ0v) is 26.0. The first-order valence-electron chi connectivity index (χ1n) is 14.3. The molecule has 0 aliphatic heterocycles. The van der Waals surface area contributed by atoms with Gasteiger partial charge in [-0.2, -0.15) is 4.98 Å². The Morgan fingerprint density at radius 1 is 1.05 bits per heavy atom. The number of anilines is 2. The predicted molar refractivity (Wildman–Crippen MR) is 162 cm³/mol. The van der Waals surface area contributed by atoms with E-state index >= 15 is 0 Å². The number of nitrogens with one attached hydrogen (secondary N) is 2. The number of aromatic nitrogens is 4. The highest BCUT2D eigenvalue weighted by Gasteiger charge is 2.43. The van der Waals surface area contributed by atoms with E-state index in [-0.39, 0.29) is 30.0 Å². The monoisotopic (exact) mass is 630 g/mol. The van der Waals surface area contributed by atoms with Gasteiger partial charge in [-0.05, 0) is 64.9 Å². The Balaban J connectivity index is 1.36. The minimum atomic E-state index is -3.27. The maximum Gasteiger partial charge on any atom is 0.225 e. The molecule has 4 aromatic rings. The first kappa shape index (κ1) is 29.7. The van der Waals surface area contributed by atoms with E-state index < -0.39 is 32.0 Å². The number of sulfone groups is 1. The smallest absolute Gasteiger partial charge is 0.225 e. The third kappa shape index (κ3) is 5.81. The first-order valence-corrected chi connectivity index (χ1v) is 17.0. The van der Waals surface area contributed by atoms with Gasteiger partial charge in [-0.15, -0.1) is 11.3 Å². The van der Waals surface area contributed by atoms with Crippen LogP contribution in [0, 0.1) is 30.3 Å². The van der Waals surface area contributed by atoms with Gasteiger partial charge in [0.2, 0.25) is 5.95 Å². The number of fused-ring (bicyclic) bond motifs is 1. The lowest BCUT2D eigenvalue weighted by Gasteiger charge is -2.30. The number of rotatable bonds is 9. The molecule has 3 heterocycles. The van der Waals surface area contributed by atoms with Crippen molar-refractivity contribution in [1.29, 1.82) is 0 Å². The largest absolute Gasteiger partial charge is 0.367 e. The lowest BCUT2D eigenvalue weighted by Crippen LogP contribution is -2.38. The maximum atomic E-state index is 14.3. The molecule has 2 saturated carbocycles. The van der Waals surface area contributed by atoms with Crippen LogP contribution >= 0.6 is 11.3 Å². The number of hydrogen-bond acceptors (Lipinski definition) is 9. The van der Waals surface area contributed by atoms with Gasteiger partial charge >= 0.3 is 0 Å². The molecular formula is C30H33F3N6O2S2. The highest BCUT2D eigenvalue weighted by atomic mass is 32.2. The summed E-state index contributed by atoms with van der Waals surface area (Å²) in [5.41, 5.74) is 2.85. The fraction of sp³-hybridized carbons (Fsp3) is 0.467. The van der Waals surface area contributed by atoms with Gasteiger partial charge in [0.15, 0.2) is 9.84 Å². The minimum Gasteiger partial charge on any atom is -0.367 e. The number of benzene rings is 1. The molecule has 0 spiro atoms. The highest BCUT2D eigenvalue weighted by molar-refractivity contribution is 7.92. The van der Waals surface area contributed by atoms with Gasteiger partial charge in [0.05, 0.1) is 26.4 Å². The molecule has 13 heteroatoms. The average Bonchev–Trinajstić information content (AvgIpc) is 3.49. The number of hydrogen-bond donors (Lipinski definition) is 2. The summed E-state index contributed by atoms with van der Waals surface area (Å²) in [6, 6.07) is 3.16. The molecule has 0 amide bonds. The van der Waals surface area contributed by atoms with Crippen LogP contribution in [0.1, 0.15) is 68.8 Å². The Morgan fingerprint density at radius 3 is 2.44 bits per heavy atom. The van der Waals surface area contributed by atoms with E-state index in [0.29, 0.717) is 41.5 Å². The van der Waals surface area contributed by atoms with Gasteiger partial charge in [0, 0.05) is 48.7 Å². The third-order valence-electron chi connectivity index (χ3n) is 8.84. The van der Waals surface area contributed by atoms with Crippen LogP contribution in [0.5, 0.6) is 0 Å². The molecule has 2 atom stereocenters. The van der Waals surface area contributed by atoms with Crippen molar-refractivity contribution in [3.8, 4) is 10.6 Å². The number of aryl methyl sites for hydroxylation is 1. The van der Waals surface area contributed by atoms with E-state index in [0.717, 1.165) is 46.6 Å². The van der Waals surface area contributed by atoms with Crippen molar-refractivity contribution in [2.24, 2.45) is 5.92 Å². The SMILES string of the molecule is Cc1nc(NCc2c(F)cc(F)cc2F)nc(NC2CCC(C(C)(C)S(C)(=O)=O)C2)c1-c1nc2c(C3CC3)nccc2s1. The summed E-state index contributed by atoms with van der Waals surface area (Å²) in [6.45, 7) is 5.08. The zero-order valence-electron chi connectivity index (χ0n) is 24.3. The van der Waals surface area contributed by atoms with Crippen LogP contribution in [0.4, 0.5) is 24.9 Å². The molecule has 2 unspecified atom stereocenters. The highest BCUT2D eigenvalue weighted by Crippen LogP contribution is 2.45. The summed E-state index contributed by atoms with van der Waals surface area (Å²) in [5.74, 6) is -1.99. The van der Waals surface area contributed by atoms with Crippen molar-refractivity contribution < 1.29 is 21.6 Å². The van der Waals surface area contributed by atoms with Crippen LogP contribution in [-0.4, -0.2) is 45.4 Å². The zero-order chi connectivity index (χ0) is 30.7. The summed E-state index contributed by atoms with van der Waals surface area (Å²) in [5, 5.41) is 7.14. The second-order valence-corrected chi connectivity index (χ2v) is 15.7. The van der Waals surface area contributed by atoms with E-state index in [1.54, 1.807) is 13.8 Å². The second-order valence-electron chi connectivity index (χ2n) is 12.1. The number of nitrogens with zero attached hydrogens (tertiary/aromatic N) is 4. The summed E-state index contributed by atoms with van der Waals surface area (Å²) in [4.78, 5) is 18.9. The van der Waals surface area contributed by atoms with Gasteiger partial charge in [-0.25, -0.2) is 31.6 Å². The standard InChI is InChI=1S/C30H33F3N6O2S2/c1-15-24(28-38-26-23(42-28)9-10-34-25(26)16-5-6-16)27(37-19-8-7-17(11-19)30(2,3)43(4,40)41)39-29(36-15)35-14-20-21(32)12-18(31)13-22(20)33/h9-10,12-13,16-17,19H,5-8,11,14H2,1-4H3,(H2,35,36,37,39). The van der Waals surface area contributed by atoms with E-state index in [1.165, 1.54) is 17.6 Å². The van der Waals surface area contributed by atoms with Crippen LogP contribution in [0.3, 0.4) is 0 Å². The van der Waals surface area contributed by atoms with Crippen LogP contribution in [0.25, 0.3) is 20.8 Å². The van der Waals surface area contributed by atoms with Crippen molar-refractivity contribution in [3.63, 3.8) is 0 Å². The van der Waals surface area contributed by atoms with Crippen LogP contribution in [0.2, 0.25) is 0 Å². The molecule has 3 aromatic heterocycles. The fourth-order valence-electron chi connectivity index (χ4n) is 5.80. The molecule has 1 aromatic carbocycles. The molecule has 2 aliphatic rings. The summed E-state index contributed by atoms with van der Waals surface area (Å²) < 4.78 is 67.2. The van der Waals surface area contributed by atoms with Gasteiger partial charge in [-0.1, -0.05) is 0 Å². The van der Waals surface area contributed by atoms with E-state index in [9.17, 15) is 21.6 Å². The number of thiazole rings is 1. The van der Waals surface area contributed by atoms with Gasteiger partial charge in [0.1, 0.15) is 33.8 Å². The molecule has 228 valence electrons. The Morgan fingerprint density at radius 2 is 1.77 bits per heavy atom. The Hall–Kier alpha value is -3.32. The Kier molecular flexibility index (Phi) is 7.60. The fourth-order valence-corrected chi connectivity index (χ4v) is 7.69. The van der Waals surface area contributed by atoms with Crippen molar-refractivity contribution in [2.75, 3.05) is 16.9 Å². The summed E-state index contributed by atoms with van der Waals surface area (Å²) in [7, 11) is -3.27. The Labute approximate surface area is 252 Å². The molecule has 6 rings (SSSR count). The minimum absolute atomic E-state index is 0.0389. The van der Waals surface area contributed by atoms with Gasteiger partial charge < -0.3 is 10.6 Å². The molecule has 0 radical (unpaired) electrons. The predicted octanol–water partition coefficient (Wildman–Crippen LogP) is 6.77. The quantitative estimate of drug-likeness (QED) is 0.209. The van der Waals surface area contributed by atoms with Crippen molar-refractivity contribution >= 4 is 43.2 Å². The van der Waals surface area contributed by atoms with Crippen LogP contribution in [-0.2, 0) is 16.4 Å².